The highest BCUT2D eigenvalue weighted by atomic mass is 16.6. The third-order valence-corrected chi connectivity index (χ3v) is 4.04. The molecule has 1 aromatic carbocycles. The van der Waals surface area contributed by atoms with Gasteiger partial charge in [0.2, 0.25) is 0 Å². The van der Waals surface area contributed by atoms with Crippen LogP contribution >= 0.6 is 0 Å². The van der Waals surface area contributed by atoms with Crippen LogP contribution in [0.2, 0.25) is 0 Å². The maximum absolute atomic E-state index is 12.4. The summed E-state index contributed by atoms with van der Waals surface area (Å²) in [6, 6.07) is 6.06. The molecule has 0 saturated heterocycles. The average Bonchev–Trinajstić information content (AvgIpc) is 2.95. The lowest BCUT2D eigenvalue weighted by Gasteiger charge is -2.08. The van der Waals surface area contributed by atoms with Crippen molar-refractivity contribution in [3.63, 3.8) is 0 Å². The molecule has 0 unspecified atom stereocenters. The van der Waals surface area contributed by atoms with Crippen molar-refractivity contribution in [1.82, 2.24) is 10.3 Å². The van der Waals surface area contributed by atoms with Crippen LogP contribution in [0.1, 0.15) is 46.0 Å². The van der Waals surface area contributed by atoms with Gasteiger partial charge in [0.25, 0.3) is 11.6 Å². The molecule has 1 aromatic heterocycles. The Hall–Kier alpha value is -3.16. The number of aromatic amines is 1. The summed E-state index contributed by atoms with van der Waals surface area (Å²) in [6.45, 7) is 6.01. The number of nitro benzene ring substituents is 1. The van der Waals surface area contributed by atoms with Crippen molar-refractivity contribution < 1.29 is 14.5 Å². The molecular weight excluding hydrogens is 336 g/mol. The Morgan fingerprint density at radius 2 is 1.85 bits per heavy atom. The fourth-order valence-electron chi connectivity index (χ4n) is 2.87. The molecule has 0 atom stereocenters. The van der Waals surface area contributed by atoms with Gasteiger partial charge in [-0.25, -0.2) is 0 Å². The number of aryl methyl sites for hydroxylation is 1. The van der Waals surface area contributed by atoms with Gasteiger partial charge in [0, 0.05) is 42.2 Å². The van der Waals surface area contributed by atoms with E-state index < -0.39 is 4.92 Å². The second-order valence-corrected chi connectivity index (χ2v) is 5.87. The molecule has 0 aliphatic carbocycles. The molecule has 8 nitrogen and oxygen atoms in total. The molecule has 0 aliphatic heterocycles. The number of anilines is 1. The predicted octanol–water partition coefficient (Wildman–Crippen LogP) is 2.84. The van der Waals surface area contributed by atoms with E-state index in [0.717, 1.165) is 11.3 Å². The molecular formula is C18H22N4O4. The number of nitrogens with one attached hydrogen (secondary N) is 3. The number of hydrogen-bond donors (Lipinski definition) is 3. The largest absolute Gasteiger partial charge is 0.383 e. The number of ketones is 1. The number of Topliss-reactive ketones (excluding diaryl/α,β-unsaturated/α-hetero) is 1. The van der Waals surface area contributed by atoms with Crippen molar-refractivity contribution in [2.24, 2.45) is 0 Å². The lowest BCUT2D eigenvalue weighted by molar-refractivity contribution is -0.384. The molecule has 26 heavy (non-hydrogen) atoms. The molecule has 8 heteroatoms. The van der Waals surface area contributed by atoms with Gasteiger partial charge in [-0.2, -0.15) is 0 Å². The van der Waals surface area contributed by atoms with Crippen LogP contribution in [-0.4, -0.2) is 34.7 Å². The van der Waals surface area contributed by atoms with Gasteiger partial charge in [0.05, 0.1) is 4.92 Å². The molecule has 1 amide bonds. The Bertz CT molecular complexity index is 824. The molecule has 2 aromatic rings. The minimum Gasteiger partial charge on any atom is -0.383 e. The van der Waals surface area contributed by atoms with E-state index in [-0.39, 0.29) is 17.4 Å². The zero-order chi connectivity index (χ0) is 19.3. The third kappa shape index (κ3) is 4.27. The highest BCUT2D eigenvalue weighted by molar-refractivity contribution is 6.02. The Labute approximate surface area is 151 Å². The lowest BCUT2D eigenvalue weighted by atomic mass is 10.0. The smallest absolute Gasteiger partial charge is 0.269 e. The van der Waals surface area contributed by atoms with E-state index in [1.807, 2.05) is 6.92 Å². The van der Waals surface area contributed by atoms with Crippen molar-refractivity contribution in [1.29, 1.82) is 0 Å². The maximum atomic E-state index is 12.4. The molecule has 0 radical (unpaired) electrons. The standard InChI is InChI=1S/C18H22N4O4/c1-4-15-16(12(3)23)11(2)21-17(15)18(24)20-10-9-19-13-5-7-14(8-6-13)22(25)26/h5-8,19,21H,4,9-10H2,1-3H3,(H,20,24). The summed E-state index contributed by atoms with van der Waals surface area (Å²) in [4.78, 5) is 37.3. The van der Waals surface area contributed by atoms with Crippen LogP contribution in [0, 0.1) is 17.0 Å². The topological polar surface area (TPSA) is 117 Å². The quantitative estimate of drug-likeness (QED) is 0.290. The highest BCUT2D eigenvalue weighted by Gasteiger charge is 2.21. The third-order valence-electron chi connectivity index (χ3n) is 4.04. The predicted molar refractivity (Wildman–Crippen MR) is 98.8 cm³/mol. The van der Waals surface area contributed by atoms with Crippen LogP contribution in [-0.2, 0) is 6.42 Å². The monoisotopic (exact) mass is 358 g/mol. The van der Waals surface area contributed by atoms with Gasteiger partial charge in [0.15, 0.2) is 5.78 Å². The van der Waals surface area contributed by atoms with E-state index in [0.29, 0.717) is 36.5 Å². The van der Waals surface area contributed by atoms with E-state index >= 15 is 0 Å². The number of nitro groups is 1. The van der Waals surface area contributed by atoms with E-state index in [1.165, 1.54) is 19.1 Å². The normalized spacial score (nSPS) is 10.4. The minimum absolute atomic E-state index is 0.0272. The van der Waals surface area contributed by atoms with Crippen LogP contribution < -0.4 is 10.6 Å². The second-order valence-electron chi connectivity index (χ2n) is 5.87. The number of nitrogens with zero attached hydrogens (tertiary/aromatic N) is 1. The number of carbonyl (C=O) groups excluding carboxylic acids is 2. The van der Waals surface area contributed by atoms with Gasteiger partial charge in [-0.05, 0) is 38.0 Å². The van der Waals surface area contributed by atoms with E-state index in [2.05, 4.69) is 15.6 Å². The minimum atomic E-state index is -0.455. The number of non-ortho nitro benzene ring substituents is 1. The molecule has 0 aliphatic rings. The number of hydrogen-bond acceptors (Lipinski definition) is 5. The Balaban J connectivity index is 1.92. The van der Waals surface area contributed by atoms with Crippen LogP contribution in [0.5, 0.6) is 0 Å². The molecule has 138 valence electrons. The van der Waals surface area contributed by atoms with Gasteiger partial charge < -0.3 is 15.6 Å². The summed E-state index contributed by atoms with van der Waals surface area (Å²) in [7, 11) is 0. The van der Waals surface area contributed by atoms with Crippen molar-refractivity contribution in [3.05, 3.63) is 56.9 Å². The molecule has 0 fully saturated rings. The van der Waals surface area contributed by atoms with Crippen LogP contribution in [0.25, 0.3) is 0 Å². The highest BCUT2D eigenvalue weighted by Crippen LogP contribution is 2.20. The zero-order valence-corrected chi connectivity index (χ0v) is 15.0. The lowest BCUT2D eigenvalue weighted by Crippen LogP contribution is -2.29. The number of rotatable bonds is 8. The summed E-state index contributed by atoms with van der Waals surface area (Å²) in [5, 5.41) is 16.5. The van der Waals surface area contributed by atoms with Gasteiger partial charge in [-0.3, -0.25) is 19.7 Å². The first kappa shape index (κ1) is 19.2. The van der Waals surface area contributed by atoms with Crippen LogP contribution in [0.3, 0.4) is 0 Å². The second kappa shape index (κ2) is 8.28. The van der Waals surface area contributed by atoms with Gasteiger partial charge in [-0.1, -0.05) is 6.92 Å². The Morgan fingerprint density at radius 3 is 2.38 bits per heavy atom. The Kier molecular flexibility index (Phi) is 6.11. The molecule has 3 N–H and O–H groups in total. The van der Waals surface area contributed by atoms with Crippen molar-refractivity contribution in [2.45, 2.75) is 27.2 Å². The fraction of sp³-hybridized carbons (Fsp3) is 0.333. The molecule has 1 heterocycles. The summed E-state index contributed by atoms with van der Waals surface area (Å²) >= 11 is 0. The molecule has 0 saturated carbocycles. The fourth-order valence-corrected chi connectivity index (χ4v) is 2.87. The SMILES string of the molecule is CCc1c(C(=O)NCCNc2ccc([N+](=O)[O-])cc2)[nH]c(C)c1C(C)=O. The van der Waals surface area contributed by atoms with Crippen LogP contribution in [0.15, 0.2) is 24.3 Å². The van der Waals surface area contributed by atoms with Crippen molar-refractivity contribution in [2.75, 3.05) is 18.4 Å². The zero-order valence-electron chi connectivity index (χ0n) is 15.0. The van der Waals surface area contributed by atoms with Crippen LogP contribution in [0.4, 0.5) is 11.4 Å². The van der Waals surface area contributed by atoms with Gasteiger partial charge in [-0.15, -0.1) is 0 Å². The maximum Gasteiger partial charge on any atom is 0.269 e. The first-order valence-corrected chi connectivity index (χ1v) is 8.34. The summed E-state index contributed by atoms with van der Waals surface area (Å²) in [5.41, 5.74) is 3.19. The number of benzene rings is 1. The number of aromatic nitrogens is 1. The first-order chi connectivity index (χ1) is 12.3. The van der Waals surface area contributed by atoms with Gasteiger partial charge >= 0.3 is 0 Å². The first-order valence-electron chi connectivity index (χ1n) is 8.34. The van der Waals surface area contributed by atoms with E-state index in [1.54, 1.807) is 19.1 Å². The van der Waals surface area contributed by atoms with E-state index in [4.69, 9.17) is 0 Å². The summed E-state index contributed by atoms with van der Waals surface area (Å²) < 4.78 is 0. The van der Waals surface area contributed by atoms with Gasteiger partial charge in [0.1, 0.15) is 5.69 Å². The molecule has 2 rings (SSSR count). The van der Waals surface area contributed by atoms with Crippen molar-refractivity contribution >= 4 is 23.1 Å². The Morgan fingerprint density at radius 1 is 1.19 bits per heavy atom. The van der Waals surface area contributed by atoms with E-state index in [9.17, 15) is 19.7 Å². The van der Waals surface area contributed by atoms with Crippen molar-refractivity contribution in [3.8, 4) is 0 Å². The number of amides is 1. The molecule has 0 spiro atoms. The average molecular weight is 358 g/mol. The summed E-state index contributed by atoms with van der Waals surface area (Å²) in [6.07, 6.45) is 0.586. The summed E-state index contributed by atoms with van der Waals surface area (Å²) in [5.74, 6) is -0.322. The number of H-pyrrole nitrogens is 1. The number of carbonyl (C=O) groups is 2. The molecule has 0 bridgehead atoms.